The van der Waals surface area contributed by atoms with Gasteiger partial charge in [0.1, 0.15) is 0 Å². The van der Waals surface area contributed by atoms with Crippen LogP contribution in [0.25, 0.3) is 0 Å². The minimum Gasteiger partial charge on any atom is -0.307 e. The van der Waals surface area contributed by atoms with Crippen molar-refractivity contribution in [3.05, 3.63) is 0 Å². The zero-order valence-corrected chi connectivity index (χ0v) is 4.46. The minimum atomic E-state index is -0.745. The summed E-state index contributed by atoms with van der Waals surface area (Å²) in [5.74, 6) is -0.745. The van der Waals surface area contributed by atoms with Crippen LogP contribution < -0.4 is 0 Å². The first-order valence-electron chi connectivity index (χ1n) is 1.51. The Hall–Kier alpha value is 0.310. The van der Waals surface area contributed by atoms with Gasteiger partial charge in [-0.1, -0.05) is 0 Å². The molecule has 4 heteroatoms. The highest BCUT2D eigenvalue weighted by molar-refractivity contribution is 7.09. The summed E-state index contributed by atoms with van der Waals surface area (Å²) in [6.07, 6.45) is 0. The molecule has 0 spiro atoms. The Morgan fingerprint density at radius 2 is 2.17 bits per heavy atom. The van der Waals surface area contributed by atoms with Crippen molar-refractivity contribution in [1.82, 2.24) is 0 Å². The fourth-order valence-electron chi connectivity index (χ4n) is 0.0980. The molecule has 1 unspecified atom stereocenters. The molecule has 0 saturated carbocycles. The van der Waals surface area contributed by atoms with Crippen molar-refractivity contribution in [3.63, 3.8) is 0 Å². The zero-order chi connectivity index (χ0) is 4.62. The van der Waals surface area contributed by atoms with E-state index in [0.717, 1.165) is 0 Å². The molecule has 0 aromatic rings. The van der Waals surface area contributed by atoms with Gasteiger partial charge in [0.25, 0.3) is 0 Å². The van der Waals surface area contributed by atoms with Gasteiger partial charge in [0.2, 0.25) is 0 Å². The molecule has 0 radical (unpaired) electrons. The van der Waals surface area contributed by atoms with Gasteiger partial charge in [-0.3, -0.25) is 0 Å². The van der Waals surface area contributed by atoms with Gasteiger partial charge >= 0.3 is 5.97 Å². The highest BCUT2D eigenvalue weighted by atomic mass is 31.0. The van der Waals surface area contributed by atoms with E-state index in [1.165, 1.54) is 0 Å². The van der Waals surface area contributed by atoms with E-state index >= 15 is 0 Å². The number of rotatable bonds is 1. The normalized spacial score (nSPS) is 27.0. The Bertz CT molecular complexity index is 59.8. The zero-order valence-electron chi connectivity index (χ0n) is 3.30. The number of hydrogen-bond acceptors (Lipinski definition) is 3. The highest BCUT2D eigenvalue weighted by Gasteiger charge is 2.44. The third-order valence-electron chi connectivity index (χ3n) is 0.532. The Labute approximate surface area is 37.8 Å². The molecule has 1 heterocycles. The van der Waals surface area contributed by atoms with Crippen molar-refractivity contribution in [2.24, 2.45) is 0 Å². The Balaban J connectivity index is 2.28. The molecule has 0 aromatic carbocycles. The molecule has 1 aliphatic rings. The Morgan fingerprint density at radius 1 is 1.67 bits per heavy atom. The van der Waals surface area contributed by atoms with E-state index in [9.17, 15) is 0 Å². The quantitative estimate of drug-likeness (QED) is 0.277. The largest absolute Gasteiger partial charge is 0.339 e. The van der Waals surface area contributed by atoms with Crippen LogP contribution in [0, 0.1) is 0 Å². The van der Waals surface area contributed by atoms with Crippen molar-refractivity contribution < 1.29 is 14.3 Å². The molecule has 0 bridgehead atoms. The lowest BCUT2D eigenvalue weighted by Gasteiger charge is -1.88. The van der Waals surface area contributed by atoms with Crippen LogP contribution in [0.1, 0.15) is 6.92 Å². The summed E-state index contributed by atoms with van der Waals surface area (Å²) in [4.78, 5) is 8.60. The number of hydrogen-bond donors (Lipinski definition) is 0. The summed E-state index contributed by atoms with van der Waals surface area (Å²) < 4.78 is 4.52. The second-order valence-corrected chi connectivity index (χ2v) is 1.38. The summed E-state index contributed by atoms with van der Waals surface area (Å²) in [5, 5.41) is 0. The first-order valence-corrected chi connectivity index (χ1v) is 1.99. The molecule has 36 valence electrons. The van der Waals surface area contributed by atoms with Crippen LogP contribution in [-0.4, -0.2) is 5.97 Å². The van der Waals surface area contributed by atoms with E-state index in [4.69, 9.17) is 0 Å². The smallest absolute Gasteiger partial charge is 0.307 e. The van der Waals surface area contributed by atoms with Gasteiger partial charge in [0, 0.05) is 16.4 Å². The van der Waals surface area contributed by atoms with Crippen LogP contribution in [0.5, 0.6) is 0 Å². The fourth-order valence-corrected chi connectivity index (χ4v) is 0.177. The van der Waals surface area contributed by atoms with Crippen LogP contribution in [-0.2, 0) is 14.3 Å². The van der Waals surface area contributed by atoms with Gasteiger partial charge in [-0.25, -0.2) is 0 Å². The monoisotopic (exact) mass is 108 g/mol. The van der Waals surface area contributed by atoms with Gasteiger partial charge in [-0.15, -0.1) is 0 Å². The van der Waals surface area contributed by atoms with Crippen molar-refractivity contribution in [1.29, 1.82) is 0 Å². The van der Waals surface area contributed by atoms with Crippen LogP contribution >= 0.6 is 9.47 Å². The standard InChI is InChI=1S/C2H5O3P/c1-2(5-6)3-4-2/h6H2,1H3. The molecule has 1 atom stereocenters. The topological polar surface area (TPSA) is 34.3 Å². The molecule has 0 aromatic heterocycles. The van der Waals surface area contributed by atoms with Crippen LogP contribution in [0.3, 0.4) is 0 Å². The average molecular weight is 108 g/mol. The first-order chi connectivity index (χ1) is 2.77. The average Bonchev–Trinajstić information content (AvgIpc) is 2.22. The second kappa shape index (κ2) is 1.14. The van der Waals surface area contributed by atoms with Gasteiger partial charge in [0.15, 0.2) is 0 Å². The van der Waals surface area contributed by atoms with Crippen molar-refractivity contribution >= 4 is 9.47 Å². The maximum atomic E-state index is 4.52. The summed E-state index contributed by atoms with van der Waals surface area (Å²) in [6.45, 7) is 1.67. The van der Waals surface area contributed by atoms with Gasteiger partial charge < -0.3 is 4.52 Å². The van der Waals surface area contributed by atoms with Crippen molar-refractivity contribution in [2.75, 3.05) is 0 Å². The summed E-state index contributed by atoms with van der Waals surface area (Å²) >= 11 is 0. The molecule has 0 amide bonds. The van der Waals surface area contributed by atoms with Gasteiger partial charge in [-0.2, -0.15) is 9.78 Å². The van der Waals surface area contributed by atoms with E-state index < -0.39 is 5.97 Å². The lowest BCUT2D eigenvalue weighted by Crippen LogP contribution is -1.99. The molecular weight excluding hydrogens is 103 g/mol. The molecule has 1 saturated heterocycles. The second-order valence-electron chi connectivity index (χ2n) is 1.15. The Morgan fingerprint density at radius 3 is 2.17 bits per heavy atom. The predicted octanol–water partition coefficient (Wildman–Crippen LogP) is 0.429. The SMILES string of the molecule is CC1(OP)OO1. The molecule has 1 fully saturated rings. The van der Waals surface area contributed by atoms with Gasteiger partial charge in [-0.05, 0) is 0 Å². The molecular formula is C2H5O3P. The van der Waals surface area contributed by atoms with E-state index in [1.807, 2.05) is 9.47 Å². The van der Waals surface area contributed by atoms with Gasteiger partial charge in [0.05, 0.1) is 0 Å². The Kier molecular flexibility index (Phi) is 0.848. The summed E-state index contributed by atoms with van der Waals surface area (Å²) in [6, 6.07) is 0. The lowest BCUT2D eigenvalue weighted by atomic mass is 10.7. The van der Waals surface area contributed by atoms with E-state index in [1.54, 1.807) is 6.92 Å². The third kappa shape index (κ3) is 0.684. The predicted molar refractivity (Wildman–Crippen MR) is 21.4 cm³/mol. The lowest BCUT2D eigenvalue weighted by molar-refractivity contribution is 0.0850. The molecule has 3 nitrogen and oxygen atoms in total. The van der Waals surface area contributed by atoms with E-state index in [2.05, 4.69) is 14.3 Å². The van der Waals surface area contributed by atoms with Crippen LogP contribution in [0.2, 0.25) is 0 Å². The van der Waals surface area contributed by atoms with E-state index in [0.29, 0.717) is 0 Å². The third-order valence-corrected chi connectivity index (χ3v) is 0.960. The molecule has 0 aliphatic carbocycles. The van der Waals surface area contributed by atoms with Crippen LogP contribution in [0.15, 0.2) is 0 Å². The molecule has 1 aliphatic heterocycles. The molecule has 0 N–H and O–H groups in total. The van der Waals surface area contributed by atoms with Crippen molar-refractivity contribution in [2.45, 2.75) is 12.9 Å². The fraction of sp³-hybridized carbons (Fsp3) is 1.00. The molecule has 6 heavy (non-hydrogen) atoms. The maximum absolute atomic E-state index is 4.52. The molecule has 1 rings (SSSR count). The van der Waals surface area contributed by atoms with Crippen molar-refractivity contribution in [3.8, 4) is 0 Å². The highest BCUT2D eigenvalue weighted by Crippen LogP contribution is 2.31. The maximum Gasteiger partial charge on any atom is 0.339 e. The first kappa shape index (κ1) is 4.47. The summed E-state index contributed by atoms with van der Waals surface area (Å²) in [7, 11) is 2.04. The summed E-state index contributed by atoms with van der Waals surface area (Å²) in [5.41, 5.74) is 0. The van der Waals surface area contributed by atoms with E-state index in [-0.39, 0.29) is 0 Å². The minimum absolute atomic E-state index is 0.745. The van der Waals surface area contributed by atoms with Crippen LogP contribution in [0.4, 0.5) is 0 Å².